The van der Waals surface area contributed by atoms with Gasteiger partial charge in [0.2, 0.25) is 0 Å². The SMILES string of the molecule is C=CSC(=C)/C(=C/C)SC=C. The molecule has 0 aromatic carbocycles. The highest BCUT2D eigenvalue weighted by molar-refractivity contribution is 8.10. The average Bonchev–Trinajstić information content (AvgIpc) is 2.00. The maximum absolute atomic E-state index is 3.89. The van der Waals surface area contributed by atoms with Crippen LogP contribution in [0.2, 0.25) is 0 Å². The molecule has 60 valence electrons. The zero-order chi connectivity index (χ0) is 8.69. The minimum Gasteiger partial charge on any atom is -0.0981 e. The molecule has 0 radical (unpaired) electrons. The second kappa shape index (κ2) is 6.38. The van der Waals surface area contributed by atoms with Gasteiger partial charge in [-0.3, -0.25) is 0 Å². The average molecular weight is 184 g/mol. The summed E-state index contributed by atoms with van der Waals surface area (Å²) >= 11 is 3.12. The van der Waals surface area contributed by atoms with Gasteiger partial charge in [0.25, 0.3) is 0 Å². The van der Waals surface area contributed by atoms with Crippen LogP contribution in [0.4, 0.5) is 0 Å². The minimum absolute atomic E-state index is 1.02. The summed E-state index contributed by atoms with van der Waals surface area (Å²) in [6, 6.07) is 0. The van der Waals surface area contributed by atoms with Crippen LogP contribution in [0.15, 0.2) is 46.4 Å². The van der Waals surface area contributed by atoms with Crippen molar-refractivity contribution in [1.82, 2.24) is 0 Å². The summed E-state index contributed by atoms with van der Waals surface area (Å²) in [6.07, 6.45) is 2.02. The molecule has 0 aliphatic heterocycles. The first-order chi connectivity index (χ1) is 5.26. The number of hydrogen-bond donors (Lipinski definition) is 0. The lowest BCUT2D eigenvalue weighted by Gasteiger charge is -2.02. The van der Waals surface area contributed by atoms with Crippen LogP contribution in [0, 0.1) is 0 Å². The van der Waals surface area contributed by atoms with E-state index in [0.29, 0.717) is 0 Å². The molecule has 0 bridgehead atoms. The topological polar surface area (TPSA) is 0 Å². The molecule has 0 saturated carbocycles. The van der Waals surface area contributed by atoms with E-state index >= 15 is 0 Å². The molecule has 0 aliphatic carbocycles. The van der Waals surface area contributed by atoms with Gasteiger partial charge in [0, 0.05) is 9.81 Å². The van der Waals surface area contributed by atoms with Crippen molar-refractivity contribution in [3.63, 3.8) is 0 Å². The van der Waals surface area contributed by atoms with E-state index in [0.717, 1.165) is 9.81 Å². The third-order valence-corrected chi connectivity index (χ3v) is 2.68. The van der Waals surface area contributed by atoms with Crippen LogP contribution in [0.5, 0.6) is 0 Å². The first kappa shape index (κ1) is 10.7. The van der Waals surface area contributed by atoms with Crippen molar-refractivity contribution in [3.8, 4) is 0 Å². The van der Waals surface area contributed by atoms with E-state index in [1.807, 2.05) is 13.0 Å². The van der Waals surface area contributed by atoms with Crippen LogP contribution in [0.1, 0.15) is 6.92 Å². The summed E-state index contributed by atoms with van der Waals surface area (Å²) in [4.78, 5) is 2.16. The normalized spacial score (nSPS) is 10.8. The fourth-order valence-corrected chi connectivity index (χ4v) is 1.71. The lowest BCUT2D eigenvalue weighted by Crippen LogP contribution is -1.73. The molecule has 0 aromatic rings. The first-order valence-electron chi connectivity index (χ1n) is 3.17. The largest absolute Gasteiger partial charge is 0.0981 e. The van der Waals surface area contributed by atoms with Gasteiger partial charge in [-0.2, -0.15) is 0 Å². The third kappa shape index (κ3) is 4.17. The van der Waals surface area contributed by atoms with Crippen LogP contribution in [0.25, 0.3) is 0 Å². The Bertz CT molecular complexity index is 190. The molecule has 0 fully saturated rings. The second-order valence-corrected chi connectivity index (χ2v) is 3.72. The van der Waals surface area contributed by atoms with Crippen molar-refractivity contribution in [3.05, 3.63) is 46.4 Å². The highest BCUT2D eigenvalue weighted by Gasteiger charge is 1.98. The van der Waals surface area contributed by atoms with Crippen molar-refractivity contribution in [1.29, 1.82) is 0 Å². The Morgan fingerprint density at radius 1 is 1.18 bits per heavy atom. The lowest BCUT2D eigenvalue weighted by molar-refractivity contribution is 1.70. The molecule has 0 aromatic heterocycles. The lowest BCUT2D eigenvalue weighted by atomic mass is 10.5. The van der Waals surface area contributed by atoms with Gasteiger partial charge in [-0.05, 0) is 17.7 Å². The van der Waals surface area contributed by atoms with Crippen molar-refractivity contribution in [2.75, 3.05) is 0 Å². The van der Waals surface area contributed by atoms with Crippen molar-refractivity contribution in [2.24, 2.45) is 0 Å². The van der Waals surface area contributed by atoms with Gasteiger partial charge in [0.1, 0.15) is 0 Å². The Hall–Kier alpha value is -0.340. The van der Waals surface area contributed by atoms with Crippen LogP contribution in [-0.2, 0) is 0 Å². The van der Waals surface area contributed by atoms with Crippen molar-refractivity contribution < 1.29 is 0 Å². The molecule has 0 aliphatic rings. The zero-order valence-electron chi connectivity index (χ0n) is 6.67. The van der Waals surface area contributed by atoms with E-state index in [2.05, 4.69) is 19.7 Å². The molecule has 11 heavy (non-hydrogen) atoms. The summed E-state index contributed by atoms with van der Waals surface area (Å²) in [7, 11) is 0. The standard InChI is InChI=1S/C9H12S2/c1-5-9(11-7-3)8(4)10-6-2/h5-7H,2-4H2,1H3/b9-5-. The molecule has 0 amide bonds. The van der Waals surface area contributed by atoms with Crippen LogP contribution >= 0.6 is 23.5 Å². The molecule has 0 N–H and O–H groups in total. The fraction of sp³-hybridized carbons (Fsp3) is 0.111. The maximum atomic E-state index is 3.89. The number of thioether (sulfide) groups is 2. The van der Waals surface area contributed by atoms with Gasteiger partial charge in [-0.1, -0.05) is 49.3 Å². The van der Waals surface area contributed by atoms with Gasteiger partial charge >= 0.3 is 0 Å². The molecule has 0 saturated heterocycles. The smallest absolute Gasteiger partial charge is 0.0206 e. The Morgan fingerprint density at radius 2 is 1.73 bits per heavy atom. The van der Waals surface area contributed by atoms with E-state index in [1.165, 1.54) is 11.8 Å². The fourth-order valence-electron chi connectivity index (χ4n) is 0.543. The van der Waals surface area contributed by atoms with Crippen LogP contribution in [0.3, 0.4) is 0 Å². The molecule has 0 unspecified atom stereocenters. The quantitative estimate of drug-likeness (QED) is 0.588. The van der Waals surface area contributed by atoms with Gasteiger partial charge in [0.05, 0.1) is 0 Å². The predicted molar refractivity (Wildman–Crippen MR) is 58.5 cm³/mol. The molecule has 0 rings (SSSR count). The Labute approximate surface area is 77.1 Å². The van der Waals surface area contributed by atoms with Gasteiger partial charge in [-0.25, -0.2) is 0 Å². The Balaban J connectivity index is 4.14. The van der Waals surface area contributed by atoms with Crippen molar-refractivity contribution in [2.45, 2.75) is 6.92 Å². The van der Waals surface area contributed by atoms with E-state index < -0.39 is 0 Å². The Kier molecular flexibility index (Phi) is 6.18. The molecule has 0 spiro atoms. The Morgan fingerprint density at radius 3 is 2.09 bits per heavy atom. The summed E-state index contributed by atoms with van der Waals surface area (Å²) in [5.74, 6) is 0. The summed E-state index contributed by atoms with van der Waals surface area (Å²) < 4.78 is 0. The van der Waals surface area contributed by atoms with E-state index in [9.17, 15) is 0 Å². The zero-order valence-corrected chi connectivity index (χ0v) is 8.30. The summed E-state index contributed by atoms with van der Waals surface area (Å²) in [5.41, 5.74) is 0. The molecular weight excluding hydrogens is 172 g/mol. The maximum Gasteiger partial charge on any atom is 0.0206 e. The number of hydrogen-bond acceptors (Lipinski definition) is 2. The van der Waals surface area contributed by atoms with Crippen molar-refractivity contribution >= 4 is 23.5 Å². The molecule has 2 heteroatoms. The minimum atomic E-state index is 1.02. The van der Waals surface area contributed by atoms with E-state index in [1.54, 1.807) is 22.6 Å². The molecule has 0 atom stereocenters. The highest BCUT2D eigenvalue weighted by atomic mass is 32.2. The highest BCUT2D eigenvalue weighted by Crippen LogP contribution is 2.31. The van der Waals surface area contributed by atoms with Gasteiger partial charge < -0.3 is 0 Å². The van der Waals surface area contributed by atoms with Gasteiger partial charge in [-0.15, -0.1) is 0 Å². The van der Waals surface area contributed by atoms with E-state index in [4.69, 9.17) is 0 Å². The van der Waals surface area contributed by atoms with Gasteiger partial charge in [0.15, 0.2) is 0 Å². The monoisotopic (exact) mass is 184 g/mol. The molecule has 0 heterocycles. The van der Waals surface area contributed by atoms with Crippen LogP contribution in [-0.4, -0.2) is 0 Å². The van der Waals surface area contributed by atoms with E-state index in [-0.39, 0.29) is 0 Å². The number of allylic oxidation sites excluding steroid dienone is 1. The second-order valence-electron chi connectivity index (χ2n) is 1.65. The molecule has 0 nitrogen and oxygen atoms in total. The number of rotatable bonds is 5. The summed E-state index contributed by atoms with van der Waals surface area (Å²) in [6.45, 7) is 13.1. The summed E-state index contributed by atoms with van der Waals surface area (Å²) in [5, 5.41) is 3.57. The molecular formula is C9H12S2. The predicted octanol–water partition coefficient (Wildman–Crippen LogP) is 4.16. The first-order valence-corrected chi connectivity index (χ1v) is 4.93. The third-order valence-electron chi connectivity index (χ3n) is 0.973. The van der Waals surface area contributed by atoms with Crippen LogP contribution < -0.4 is 0 Å².